The average molecular weight is 283 g/mol. The Balaban J connectivity index is 2.16. The van der Waals surface area contributed by atoms with Gasteiger partial charge in [0, 0.05) is 18.2 Å². The fourth-order valence-electron chi connectivity index (χ4n) is 1.89. The number of carbonyl (C=O) groups excluding carboxylic acids is 2. The van der Waals surface area contributed by atoms with Crippen LogP contribution in [0.1, 0.15) is 28.4 Å². The lowest BCUT2D eigenvalue weighted by molar-refractivity contribution is -0.131. The van der Waals surface area contributed by atoms with Crippen molar-refractivity contribution < 1.29 is 14.3 Å². The molecule has 0 aliphatic carbocycles. The first kappa shape index (κ1) is 14.8. The molecule has 2 aromatic carbocycles. The molecule has 108 valence electrons. The minimum Gasteiger partial charge on any atom is -0.427 e. The first-order valence-electron chi connectivity index (χ1n) is 6.63. The topological polar surface area (TPSA) is 55.4 Å². The molecule has 1 amide bonds. The lowest BCUT2D eigenvalue weighted by Crippen LogP contribution is -2.12. The van der Waals surface area contributed by atoms with E-state index < -0.39 is 5.97 Å². The van der Waals surface area contributed by atoms with Crippen LogP contribution in [0.2, 0.25) is 0 Å². The van der Waals surface area contributed by atoms with Crippen molar-refractivity contribution in [3.63, 3.8) is 0 Å². The molecule has 0 saturated carbocycles. The van der Waals surface area contributed by atoms with Gasteiger partial charge in [-0.2, -0.15) is 0 Å². The number of anilines is 1. The Labute approximate surface area is 123 Å². The maximum atomic E-state index is 12.2. The normalized spacial score (nSPS) is 10.0. The molecule has 0 bridgehead atoms. The molecule has 0 aliphatic rings. The summed E-state index contributed by atoms with van der Waals surface area (Å²) in [5, 5.41) is 2.83. The summed E-state index contributed by atoms with van der Waals surface area (Å²) in [4.78, 5) is 23.1. The van der Waals surface area contributed by atoms with Crippen LogP contribution in [0.4, 0.5) is 5.69 Å². The van der Waals surface area contributed by atoms with E-state index in [2.05, 4.69) is 5.32 Å². The Bertz CT molecular complexity index is 692. The van der Waals surface area contributed by atoms with E-state index in [1.54, 1.807) is 18.2 Å². The largest absolute Gasteiger partial charge is 0.427 e. The van der Waals surface area contributed by atoms with Crippen molar-refractivity contribution in [1.82, 2.24) is 0 Å². The van der Waals surface area contributed by atoms with Gasteiger partial charge < -0.3 is 10.1 Å². The van der Waals surface area contributed by atoms with Crippen molar-refractivity contribution in [2.75, 3.05) is 5.32 Å². The number of aryl methyl sites for hydroxylation is 2. The van der Waals surface area contributed by atoms with Gasteiger partial charge in [0.2, 0.25) is 0 Å². The zero-order valence-electron chi connectivity index (χ0n) is 12.3. The molecule has 1 N–H and O–H groups in total. The molecule has 4 heteroatoms. The van der Waals surface area contributed by atoms with Gasteiger partial charge in [-0.15, -0.1) is 0 Å². The van der Waals surface area contributed by atoms with E-state index in [1.165, 1.54) is 18.6 Å². The summed E-state index contributed by atoms with van der Waals surface area (Å²) in [6, 6.07) is 12.3. The Hall–Kier alpha value is -2.62. The smallest absolute Gasteiger partial charge is 0.308 e. The second-order valence-corrected chi connectivity index (χ2v) is 4.87. The van der Waals surface area contributed by atoms with Crippen LogP contribution in [0.3, 0.4) is 0 Å². The highest BCUT2D eigenvalue weighted by atomic mass is 16.5. The molecule has 0 heterocycles. The second-order valence-electron chi connectivity index (χ2n) is 4.87. The van der Waals surface area contributed by atoms with Crippen LogP contribution in [0.15, 0.2) is 42.5 Å². The van der Waals surface area contributed by atoms with E-state index in [9.17, 15) is 9.59 Å². The summed E-state index contributed by atoms with van der Waals surface area (Å²) < 4.78 is 4.97. The molecule has 0 atom stereocenters. The predicted octanol–water partition coefficient (Wildman–Crippen LogP) is 3.48. The van der Waals surface area contributed by atoms with Crippen LogP contribution in [-0.2, 0) is 4.79 Å². The van der Waals surface area contributed by atoms with Crippen molar-refractivity contribution in [2.45, 2.75) is 20.8 Å². The molecule has 4 nitrogen and oxygen atoms in total. The standard InChI is InChI=1S/C17H17NO3/c1-11-7-8-15(9-12(11)2)18-17(20)14-5-4-6-16(10-14)21-13(3)19/h4-10H,1-3H3,(H,18,20). The molecule has 0 saturated heterocycles. The van der Waals surface area contributed by atoms with Gasteiger partial charge in [-0.3, -0.25) is 9.59 Å². The number of hydrogen-bond donors (Lipinski definition) is 1. The molecular formula is C17H17NO3. The van der Waals surface area contributed by atoms with Crippen molar-refractivity contribution >= 4 is 17.6 Å². The van der Waals surface area contributed by atoms with E-state index in [1.807, 2.05) is 32.0 Å². The third-order valence-corrected chi connectivity index (χ3v) is 3.12. The van der Waals surface area contributed by atoms with Crippen molar-refractivity contribution in [3.8, 4) is 5.75 Å². The monoisotopic (exact) mass is 283 g/mol. The molecule has 0 fully saturated rings. The Morgan fingerprint density at radius 2 is 1.76 bits per heavy atom. The lowest BCUT2D eigenvalue weighted by atomic mass is 10.1. The summed E-state index contributed by atoms with van der Waals surface area (Å²) in [5.41, 5.74) is 3.46. The van der Waals surface area contributed by atoms with Gasteiger partial charge in [-0.25, -0.2) is 0 Å². The van der Waals surface area contributed by atoms with E-state index in [4.69, 9.17) is 4.74 Å². The van der Waals surface area contributed by atoms with Crippen LogP contribution in [0.25, 0.3) is 0 Å². The first-order valence-corrected chi connectivity index (χ1v) is 6.63. The zero-order chi connectivity index (χ0) is 15.4. The Morgan fingerprint density at radius 1 is 1.00 bits per heavy atom. The Morgan fingerprint density at radius 3 is 2.43 bits per heavy atom. The molecule has 0 aliphatic heterocycles. The Kier molecular flexibility index (Phi) is 4.38. The van der Waals surface area contributed by atoms with Gasteiger partial charge in [0.25, 0.3) is 5.91 Å². The fraction of sp³-hybridized carbons (Fsp3) is 0.176. The molecule has 0 radical (unpaired) electrons. The average Bonchev–Trinajstić information content (AvgIpc) is 2.42. The highest BCUT2D eigenvalue weighted by molar-refractivity contribution is 6.04. The highest BCUT2D eigenvalue weighted by Crippen LogP contribution is 2.17. The second kappa shape index (κ2) is 6.22. The van der Waals surface area contributed by atoms with Crippen LogP contribution < -0.4 is 10.1 Å². The summed E-state index contributed by atoms with van der Waals surface area (Å²) in [6.45, 7) is 5.33. The van der Waals surface area contributed by atoms with Gasteiger partial charge in [0.1, 0.15) is 5.75 Å². The third-order valence-electron chi connectivity index (χ3n) is 3.12. The molecular weight excluding hydrogens is 266 g/mol. The number of hydrogen-bond acceptors (Lipinski definition) is 3. The molecule has 21 heavy (non-hydrogen) atoms. The maximum absolute atomic E-state index is 12.2. The number of carbonyl (C=O) groups is 2. The summed E-state index contributed by atoms with van der Waals surface area (Å²) in [5.74, 6) is -0.302. The maximum Gasteiger partial charge on any atom is 0.308 e. The van der Waals surface area contributed by atoms with Gasteiger partial charge in [0.15, 0.2) is 0 Å². The minimum atomic E-state index is -0.415. The van der Waals surface area contributed by atoms with Gasteiger partial charge in [-0.05, 0) is 55.3 Å². The molecule has 2 rings (SSSR count). The van der Waals surface area contributed by atoms with Crippen LogP contribution in [-0.4, -0.2) is 11.9 Å². The quantitative estimate of drug-likeness (QED) is 0.693. The summed E-state index contributed by atoms with van der Waals surface area (Å²) >= 11 is 0. The molecule has 0 aromatic heterocycles. The van der Waals surface area contributed by atoms with Crippen LogP contribution in [0, 0.1) is 13.8 Å². The van der Waals surface area contributed by atoms with E-state index in [0.29, 0.717) is 11.3 Å². The number of ether oxygens (including phenoxy) is 1. The van der Waals surface area contributed by atoms with Crippen molar-refractivity contribution in [1.29, 1.82) is 0 Å². The number of benzene rings is 2. The number of nitrogens with one attached hydrogen (secondary N) is 1. The first-order chi connectivity index (χ1) is 9.95. The number of esters is 1. The molecule has 0 spiro atoms. The SMILES string of the molecule is CC(=O)Oc1cccc(C(=O)Nc2ccc(C)c(C)c2)c1. The van der Waals surface area contributed by atoms with Crippen molar-refractivity contribution in [2.24, 2.45) is 0 Å². The zero-order valence-corrected chi connectivity index (χ0v) is 12.3. The van der Waals surface area contributed by atoms with E-state index in [0.717, 1.165) is 11.3 Å². The highest BCUT2D eigenvalue weighted by Gasteiger charge is 2.08. The number of amides is 1. The van der Waals surface area contributed by atoms with E-state index in [-0.39, 0.29) is 5.91 Å². The van der Waals surface area contributed by atoms with Crippen LogP contribution in [0.5, 0.6) is 5.75 Å². The number of rotatable bonds is 3. The predicted molar refractivity (Wildman–Crippen MR) is 81.6 cm³/mol. The minimum absolute atomic E-state index is 0.243. The molecule has 2 aromatic rings. The van der Waals surface area contributed by atoms with Gasteiger partial charge in [-0.1, -0.05) is 12.1 Å². The third kappa shape index (κ3) is 3.92. The van der Waals surface area contributed by atoms with Gasteiger partial charge >= 0.3 is 5.97 Å². The fourth-order valence-corrected chi connectivity index (χ4v) is 1.89. The molecule has 0 unspecified atom stereocenters. The van der Waals surface area contributed by atoms with Crippen LogP contribution >= 0.6 is 0 Å². The summed E-state index contributed by atoms with van der Waals surface area (Å²) in [7, 11) is 0. The summed E-state index contributed by atoms with van der Waals surface area (Å²) in [6.07, 6.45) is 0. The van der Waals surface area contributed by atoms with Gasteiger partial charge in [0.05, 0.1) is 0 Å². The lowest BCUT2D eigenvalue weighted by Gasteiger charge is -2.08. The van der Waals surface area contributed by atoms with Crippen molar-refractivity contribution in [3.05, 3.63) is 59.2 Å². The van der Waals surface area contributed by atoms with E-state index >= 15 is 0 Å².